The van der Waals surface area contributed by atoms with E-state index in [1.165, 1.54) is 5.56 Å². The normalized spacial score (nSPS) is 10.3. The molecule has 2 aromatic rings. The van der Waals surface area contributed by atoms with Crippen LogP contribution >= 0.6 is 0 Å². The molecular weight excluding hydrogens is 222 g/mol. The summed E-state index contributed by atoms with van der Waals surface area (Å²) >= 11 is 0. The van der Waals surface area contributed by atoms with E-state index in [9.17, 15) is 0 Å². The summed E-state index contributed by atoms with van der Waals surface area (Å²) in [6, 6.07) is 12.3. The van der Waals surface area contributed by atoms with Gasteiger partial charge in [-0.3, -0.25) is 0 Å². The maximum Gasteiger partial charge on any atom is 0.152 e. The van der Waals surface area contributed by atoms with E-state index in [4.69, 9.17) is 5.73 Å². The average Bonchev–Trinajstić information content (AvgIpc) is 2.38. The molecule has 18 heavy (non-hydrogen) atoms. The molecule has 0 aliphatic carbocycles. The van der Waals surface area contributed by atoms with Crippen molar-refractivity contribution in [2.24, 2.45) is 0 Å². The van der Waals surface area contributed by atoms with Gasteiger partial charge in [-0.05, 0) is 31.0 Å². The minimum Gasteiger partial charge on any atom is -0.396 e. The Morgan fingerprint density at radius 2 is 1.94 bits per heavy atom. The van der Waals surface area contributed by atoms with Crippen molar-refractivity contribution in [2.75, 3.05) is 17.2 Å². The van der Waals surface area contributed by atoms with E-state index in [0.717, 1.165) is 30.2 Å². The van der Waals surface area contributed by atoms with Crippen LogP contribution in [0.2, 0.25) is 0 Å². The van der Waals surface area contributed by atoms with Crippen LogP contribution in [0, 0.1) is 6.92 Å². The number of aromatic nitrogens is 1. The van der Waals surface area contributed by atoms with Crippen LogP contribution in [-0.2, 0) is 6.54 Å². The zero-order valence-corrected chi connectivity index (χ0v) is 10.9. The van der Waals surface area contributed by atoms with Gasteiger partial charge in [-0.2, -0.15) is 0 Å². The van der Waals surface area contributed by atoms with Gasteiger partial charge in [0.25, 0.3) is 0 Å². The van der Waals surface area contributed by atoms with Crippen molar-refractivity contribution < 1.29 is 0 Å². The first-order valence-electron chi connectivity index (χ1n) is 6.21. The predicted molar refractivity (Wildman–Crippen MR) is 76.6 cm³/mol. The lowest BCUT2D eigenvalue weighted by Crippen LogP contribution is -2.24. The number of pyridine rings is 1. The highest BCUT2D eigenvalue weighted by atomic mass is 15.2. The number of hydrogen-bond donors (Lipinski definition) is 1. The highest BCUT2D eigenvalue weighted by Gasteiger charge is 2.10. The Morgan fingerprint density at radius 3 is 2.56 bits per heavy atom. The lowest BCUT2D eigenvalue weighted by atomic mass is 10.2. The summed E-state index contributed by atoms with van der Waals surface area (Å²) < 4.78 is 0. The van der Waals surface area contributed by atoms with Crippen molar-refractivity contribution in [3.63, 3.8) is 0 Å². The molecule has 0 spiro atoms. The average molecular weight is 241 g/mol. The number of rotatable bonds is 4. The lowest BCUT2D eigenvalue weighted by Gasteiger charge is -2.23. The number of nitrogen functional groups attached to an aromatic ring is 1. The predicted octanol–water partition coefficient (Wildman–Crippen LogP) is 3.00. The Balaban J connectivity index is 2.23. The Labute approximate surface area is 108 Å². The third-order valence-corrected chi connectivity index (χ3v) is 2.93. The Morgan fingerprint density at radius 1 is 1.22 bits per heavy atom. The minimum absolute atomic E-state index is 0.743. The van der Waals surface area contributed by atoms with Gasteiger partial charge < -0.3 is 10.6 Å². The fraction of sp³-hybridized carbons (Fsp3) is 0.267. The van der Waals surface area contributed by atoms with Crippen molar-refractivity contribution in [3.8, 4) is 0 Å². The number of aryl methyl sites for hydroxylation is 1. The number of nitrogens with zero attached hydrogens (tertiary/aromatic N) is 2. The lowest BCUT2D eigenvalue weighted by molar-refractivity contribution is 0.815. The van der Waals surface area contributed by atoms with Gasteiger partial charge in [-0.1, -0.05) is 30.3 Å². The molecule has 2 N–H and O–H groups in total. The third kappa shape index (κ3) is 2.80. The van der Waals surface area contributed by atoms with E-state index in [-0.39, 0.29) is 0 Å². The molecule has 1 heterocycles. The molecule has 2 rings (SSSR count). The van der Waals surface area contributed by atoms with Crippen LogP contribution in [0.4, 0.5) is 11.5 Å². The Hall–Kier alpha value is -2.03. The quantitative estimate of drug-likeness (QED) is 0.894. The molecule has 3 nitrogen and oxygen atoms in total. The highest BCUT2D eigenvalue weighted by Crippen LogP contribution is 2.22. The standard InChI is InChI=1S/C15H19N3/c1-3-18(11-13-7-5-4-6-8-13)15-14(16)9-12(2)10-17-15/h4-10H,3,11,16H2,1-2H3. The Kier molecular flexibility index (Phi) is 3.82. The zero-order valence-electron chi connectivity index (χ0n) is 10.9. The van der Waals surface area contributed by atoms with Crippen LogP contribution in [0.25, 0.3) is 0 Å². The van der Waals surface area contributed by atoms with Gasteiger partial charge in [-0.25, -0.2) is 4.98 Å². The van der Waals surface area contributed by atoms with Crippen molar-refractivity contribution in [1.82, 2.24) is 4.98 Å². The second-order valence-electron chi connectivity index (χ2n) is 4.43. The minimum atomic E-state index is 0.743. The number of anilines is 2. The molecule has 0 fully saturated rings. The van der Waals surface area contributed by atoms with Crippen molar-refractivity contribution >= 4 is 11.5 Å². The van der Waals surface area contributed by atoms with E-state index in [0.29, 0.717) is 0 Å². The van der Waals surface area contributed by atoms with Gasteiger partial charge in [0.15, 0.2) is 5.82 Å². The van der Waals surface area contributed by atoms with E-state index < -0.39 is 0 Å². The molecule has 0 unspecified atom stereocenters. The molecule has 0 bridgehead atoms. The van der Waals surface area contributed by atoms with Gasteiger partial charge in [0.1, 0.15) is 0 Å². The molecule has 0 atom stereocenters. The van der Waals surface area contributed by atoms with Crippen LogP contribution in [0.1, 0.15) is 18.1 Å². The highest BCUT2D eigenvalue weighted by molar-refractivity contribution is 5.63. The van der Waals surface area contributed by atoms with Crippen molar-refractivity contribution in [2.45, 2.75) is 20.4 Å². The zero-order chi connectivity index (χ0) is 13.0. The fourth-order valence-electron chi connectivity index (χ4n) is 1.99. The summed E-state index contributed by atoms with van der Waals surface area (Å²) in [5.74, 6) is 0.868. The molecule has 0 aliphatic rings. The largest absolute Gasteiger partial charge is 0.396 e. The van der Waals surface area contributed by atoms with Gasteiger partial charge in [0.2, 0.25) is 0 Å². The first-order valence-corrected chi connectivity index (χ1v) is 6.21. The third-order valence-electron chi connectivity index (χ3n) is 2.93. The summed E-state index contributed by atoms with van der Waals surface area (Å²) in [6.45, 7) is 5.83. The van der Waals surface area contributed by atoms with Gasteiger partial charge in [0.05, 0.1) is 5.69 Å². The van der Waals surface area contributed by atoms with Crippen molar-refractivity contribution in [3.05, 3.63) is 53.7 Å². The summed E-state index contributed by atoms with van der Waals surface area (Å²) in [5.41, 5.74) is 9.15. The summed E-state index contributed by atoms with van der Waals surface area (Å²) in [5, 5.41) is 0. The maximum atomic E-state index is 6.05. The van der Waals surface area contributed by atoms with E-state index in [1.54, 1.807) is 0 Å². The molecule has 94 valence electrons. The molecule has 0 saturated carbocycles. The molecule has 0 radical (unpaired) electrons. The van der Waals surface area contributed by atoms with Crippen LogP contribution in [0.15, 0.2) is 42.6 Å². The molecule has 0 aliphatic heterocycles. The molecular formula is C15H19N3. The van der Waals surface area contributed by atoms with Gasteiger partial charge in [-0.15, -0.1) is 0 Å². The van der Waals surface area contributed by atoms with E-state index in [1.807, 2.05) is 25.3 Å². The topological polar surface area (TPSA) is 42.2 Å². The first kappa shape index (κ1) is 12.4. The first-order chi connectivity index (χ1) is 8.70. The van der Waals surface area contributed by atoms with Gasteiger partial charge >= 0.3 is 0 Å². The Bertz CT molecular complexity index is 508. The summed E-state index contributed by atoms with van der Waals surface area (Å²) in [7, 11) is 0. The van der Waals surface area contributed by atoms with E-state index >= 15 is 0 Å². The van der Waals surface area contributed by atoms with Crippen LogP contribution in [0.5, 0.6) is 0 Å². The smallest absolute Gasteiger partial charge is 0.152 e. The molecule has 0 amide bonds. The SMILES string of the molecule is CCN(Cc1ccccc1)c1ncc(C)cc1N. The second-order valence-corrected chi connectivity index (χ2v) is 4.43. The monoisotopic (exact) mass is 241 g/mol. The van der Waals surface area contributed by atoms with Gasteiger partial charge in [0, 0.05) is 19.3 Å². The van der Waals surface area contributed by atoms with Crippen LogP contribution < -0.4 is 10.6 Å². The molecule has 3 heteroatoms. The number of nitrogens with two attached hydrogens (primary N) is 1. The van der Waals surface area contributed by atoms with Crippen molar-refractivity contribution in [1.29, 1.82) is 0 Å². The van der Waals surface area contributed by atoms with E-state index in [2.05, 4.69) is 41.1 Å². The number of hydrogen-bond acceptors (Lipinski definition) is 3. The van der Waals surface area contributed by atoms with Crippen LogP contribution in [0.3, 0.4) is 0 Å². The fourth-order valence-corrected chi connectivity index (χ4v) is 1.99. The second kappa shape index (κ2) is 5.54. The maximum absolute atomic E-state index is 6.05. The molecule has 1 aromatic carbocycles. The summed E-state index contributed by atoms with van der Waals surface area (Å²) in [6.07, 6.45) is 1.86. The summed E-state index contributed by atoms with van der Waals surface area (Å²) in [4.78, 5) is 6.63. The number of benzene rings is 1. The van der Waals surface area contributed by atoms with Crippen LogP contribution in [-0.4, -0.2) is 11.5 Å². The molecule has 1 aromatic heterocycles. The molecule has 0 saturated heterocycles.